The van der Waals surface area contributed by atoms with Gasteiger partial charge < -0.3 is 5.32 Å². The number of nitrogens with one attached hydrogen (secondary N) is 1. The Bertz CT molecular complexity index is 1260. The van der Waals surface area contributed by atoms with E-state index in [0.29, 0.717) is 32.7 Å². The number of carbonyl (C=O) groups excluding carboxylic acids is 1. The summed E-state index contributed by atoms with van der Waals surface area (Å²) in [5.41, 5.74) is 3.40. The molecule has 4 rings (SSSR count). The molecule has 1 N–H and O–H groups in total. The molecule has 1 heterocycles. The van der Waals surface area contributed by atoms with E-state index in [9.17, 15) is 9.18 Å². The van der Waals surface area contributed by atoms with Crippen LogP contribution in [0.5, 0.6) is 0 Å². The van der Waals surface area contributed by atoms with Crippen LogP contribution in [0.4, 0.5) is 4.39 Å². The fraction of sp³-hybridized carbons (Fsp3) is 0.154. The van der Waals surface area contributed by atoms with Gasteiger partial charge in [-0.1, -0.05) is 53.5 Å². The number of nitrogens with zero attached hydrogens (tertiary/aromatic N) is 2. The van der Waals surface area contributed by atoms with E-state index in [1.165, 1.54) is 22.4 Å². The predicted octanol–water partition coefficient (Wildman–Crippen LogP) is 6.74. The van der Waals surface area contributed by atoms with E-state index in [2.05, 4.69) is 22.5 Å². The Morgan fingerprint density at radius 1 is 1.00 bits per heavy atom. The maximum atomic E-state index is 13.4. The minimum atomic E-state index is -0.340. The normalized spacial score (nSPS) is 11.9. The molecule has 3 aromatic carbocycles. The summed E-state index contributed by atoms with van der Waals surface area (Å²) in [7, 11) is 0. The van der Waals surface area contributed by atoms with Crippen molar-refractivity contribution in [1.82, 2.24) is 15.1 Å². The van der Waals surface area contributed by atoms with Gasteiger partial charge in [0, 0.05) is 11.6 Å². The number of hydrogen-bond acceptors (Lipinski definition) is 2. The lowest BCUT2D eigenvalue weighted by Gasteiger charge is -2.15. The highest BCUT2D eigenvalue weighted by Gasteiger charge is 2.20. The van der Waals surface area contributed by atoms with Crippen molar-refractivity contribution in [3.63, 3.8) is 0 Å². The summed E-state index contributed by atoms with van der Waals surface area (Å²) < 4.78 is 14.9. The Kier molecular flexibility index (Phi) is 7.11. The van der Waals surface area contributed by atoms with E-state index in [0.717, 1.165) is 12.8 Å². The first-order valence-electron chi connectivity index (χ1n) is 10.6. The van der Waals surface area contributed by atoms with Crippen molar-refractivity contribution >= 4 is 29.1 Å². The van der Waals surface area contributed by atoms with E-state index in [4.69, 9.17) is 23.2 Å². The summed E-state index contributed by atoms with van der Waals surface area (Å²) in [4.78, 5) is 13.2. The maximum Gasteiger partial charge on any atom is 0.270 e. The predicted molar refractivity (Wildman–Crippen MR) is 131 cm³/mol. The summed E-state index contributed by atoms with van der Waals surface area (Å²) in [5, 5.41) is 8.43. The molecule has 0 saturated heterocycles. The van der Waals surface area contributed by atoms with Gasteiger partial charge in [-0.3, -0.25) is 4.79 Å². The standard InChI is InChI=1S/C26H22Cl2FN3O/c1-17(7-8-18-5-3-2-4-6-18)30-26(33)25-16-24(19-9-11-20(29)12-10-19)31-32(25)21-13-14-22(27)23(28)15-21/h2-6,9-17H,7-8H2,1H3,(H,30,33). The first kappa shape index (κ1) is 23.0. The van der Waals surface area contributed by atoms with E-state index < -0.39 is 0 Å². The topological polar surface area (TPSA) is 46.9 Å². The van der Waals surface area contributed by atoms with Gasteiger partial charge in [0.15, 0.2) is 0 Å². The summed E-state index contributed by atoms with van der Waals surface area (Å²) >= 11 is 12.3. The number of rotatable bonds is 7. The van der Waals surface area contributed by atoms with Crippen molar-refractivity contribution in [2.24, 2.45) is 0 Å². The number of benzene rings is 3. The number of carbonyl (C=O) groups is 1. The Morgan fingerprint density at radius 2 is 1.73 bits per heavy atom. The summed E-state index contributed by atoms with van der Waals surface area (Å²) in [5.74, 6) is -0.602. The number of aromatic nitrogens is 2. The second-order valence-electron chi connectivity index (χ2n) is 7.83. The molecular weight excluding hydrogens is 460 g/mol. The van der Waals surface area contributed by atoms with Crippen molar-refractivity contribution in [2.75, 3.05) is 0 Å². The highest BCUT2D eigenvalue weighted by Crippen LogP contribution is 2.27. The highest BCUT2D eigenvalue weighted by atomic mass is 35.5. The summed E-state index contributed by atoms with van der Waals surface area (Å²) in [6, 6.07) is 22.8. The second kappa shape index (κ2) is 10.2. The monoisotopic (exact) mass is 481 g/mol. The minimum Gasteiger partial charge on any atom is -0.348 e. The molecule has 0 fully saturated rings. The lowest BCUT2D eigenvalue weighted by atomic mass is 10.1. The molecule has 0 aliphatic carbocycles. The highest BCUT2D eigenvalue weighted by molar-refractivity contribution is 6.42. The zero-order chi connectivity index (χ0) is 23.4. The number of amides is 1. The average Bonchev–Trinajstić information content (AvgIpc) is 3.26. The summed E-state index contributed by atoms with van der Waals surface area (Å²) in [6.45, 7) is 1.97. The maximum absolute atomic E-state index is 13.4. The van der Waals surface area contributed by atoms with Gasteiger partial charge in [0.1, 0.15) is 11.5 Å². The molecule has 168 valence electrons. The smallest absolute Gasteiger partial charge is 0.270 e. The third-order valence-corrected chi connectivity index (χ3v) is 6.06. The molecule has 33 heavy (non-hydrogen) atoms. The van der Waals surface area contributed by atoms with E-state index in [-0.39, 0.29) is 17.8 Å². The lowest BCUT2D eigenvalue weighted by molar-refractivity contribution is 0.0930. The van der Waals surface area contributed by atoms with Crippen LogP contribution in [0, 0.1) is 5.82 Å². The molecule has 0 bridgehead atoms. The molecule has 1 amide bonds. The Morgan fingerprint density at radius 3 is 2.42 bits per heavy atom. The van der Waals surface area contributed by atoms with Gasteiger partial charge in [-0.05, 0) is 73.9 Å². The number of halogens is 3. The van der Waals surface area contributed by atoms with Gasteiger partial charge in [0.25, 0.3) is 5.91 Å². The molecule has 0 aliphatic rings. The van der Waals surface area contributed by atoms with Crippen LogP contribution in [0.3, 0.4) is 0 Å². The largest absolute Gasteiger partial charge is 0.348 e. The van der Waals surface area contributed by atoms with Crippen LogP contribution in [-0.2, 0) is 6.42 Å². The fourth-order valence-electron chi connectivity index (χ4n) is 3.52. The van der Waals surface area contributed by atoms with Crippen molar-refractivity contribution in [1.29, 1.82) is 0 Å². The van der Waals surface area contributed by atoms with Gasteiger partial charge in [0.05, 0.1) is 21.4 Å². The number of aryl methyl sites for hydroxylation is 1. The molecule has 1 aromatic heterocycles. The van der Waals surface area contributed by atoms with E-state index in [1.807, 2.05) is 25.1 Å². The molecule has 0 saturated carbocycles. The van der Waals surface area contributed by atoms with Crippen LogP contribution in [0.1, 0.15) is 29.4 Å². The third-order valence-electron chi connectivity index (χ3n) is 5.32. The molecule has 1 atom stereocenters. The van der Waals surface area contributed by atoms with Crippen molar-refractivity contribution < 1.29 is 9.18 Å². The zero-order valence-corrected chi connectivity index (χ0v) is 19.4. The molecule has 1 unspecified atom stereocenters. The molecule has 0 aliphatic heterocycles. The van der Waals surface area contributed by atoms with E-state index in [1.54, 1.807) is 36.4 Å². The third kappa shape index (κ3) is 5.62. The van der Waals surface area contributed by atoms with Crippen LogP contribution in [0.15, 0.2) is 78.9 Å². The van der Waals surface area contributed by atoms with Crippen LogP contribution in [-0.4, -0.2) is 21.7 Å². The Labute approximate surface area is 202 Å². The van der Waals surface area contributed by atoms with E-state index >= 15 is 0 Å². The summed E-state index contributed by atoms with van der Waals surface area (Å²) in [6.07, 6.45) is 1.65. The molecular formula is C26H22Cl2FN3O. The Balaban J connectivity index is 1.61. The fourth-order valence-corrected chi connectivity index (χ4v) is 3.81. The second-order valence-corrected chi connectivity index (χ2v) is 8.65. The van der Waals surface area contributed by atoms with Gasteiger partial charge in [-0.25, -0.2) is 9.07 Å². The minimum absolute atomic E-state index is 0.0517. The zero-order valence-electron chi connectivity index (χ0n) is 17.9. The van der Waals surface area contributed by atoms with Gasteiger partial charge in [0.2, 0.25) is 0 Å². The quantitative estimate of drug-likeness (QED) is 0.317. The lowest BCUT2D eigenvalue weighted by Crippen LogP contribution is -2.34. The number of hydrogen-bond donors (Lipinski definition) is 1. The molecule has 4 aromatic rings. The van der Waals surface area contributed by atoms with Crippen LogP contribution in [0.25, 0.3) is 16.9 Å². The molecule has 0 radical (unpaired) electrons. The molecule has 0 spiro atoms. The Hall–Kier alpha value is -3.15. The average molecular weight is 482 g/mol. The first-order valence-corrected chi connectivity index (χ1v) is 11.3. The SMILES string of the molecule is CC(CCc1ccccc1)NC(=O)c1cc(-c2ccc(F)cc2)nn1-c1ccc(Cl)c(Cl)c1. The molecule has 7 heteroatoms. The van der Waals surface area contributed by atoms with Gasteiger partial charge in [-0.2, -0.15) is 5.10 Å². The van der Waals surface area contributed by atoms with Crippen LogP contribution < -0.4 is 5.32 Å². The van der Waals surface area contributed by atoms with Crippen molar-refractivity contribution in [2.45, 2.75) is 25.8 Å². The van der Waals surface area contributed by atoms with Crippen LogP contribution in [0.2, 0.25) is 10.0 Å². The molecule has 4 nitrogen and oxygen atoms in total. The van der Waals surface area contributed by atoms with Gasteiger partial charge >= 0.3 is 0 Å². The van der Waals surface area contributed by atoms with Crippen LogP contribution >= 0.6 is 23.2 Å². The first-order chi connectivity index (χ1) is 15.9. The van der Waals surface area contributed by atoms with Crippen molar-refractivity contribution in [3.05, 3.63) is 106 Å². The van der Waals surface area contributed by atoms with Crippen molar-refractivity contribution in [3.8, 4) is 16.9 Å². The van der Waals surface area contributed by atoms with Gasteiger partial charge in [-0.15, -0.1) is 0 Å².